The Balaban J connectivity index is 1.72. The zero-order chi connectivity index (χ0) is 23.3. The number of halogens is 4. The molecule has 0 aliphatic carbocycles. The number of rotatable bonds is 7. The lowest BCUT2D eigenvalue weighted by Gasteiger charge is -2.15. The van der Waals surface area contributed by atoms with Crippen LogP contribution in [0.4, 0.5) is 17.6 Å². The average Bonchev–Trinajstić information content (AvgIpc) is 2.91. The summed E-state index contributed by atoms with van der Waals surface area (Å²) in [7, 11) is 0. The van der Waals surface area contributed by atoms with Crippen molar-refractivity contribution in [2.24, 2.45) is 0 Å². The Morgan fingerprint density at radius 2 is 1.84 bits per heavy atom. The van der Waals surface area contributed by atoms with E-state index >= 15 is 0 Å². The molecule has 3 rings (SSSR count). The van der Waals surface area contributed by atoms with Gasteiger partial charge in [0.2, 0.25) is 0 Å². The molecule has 0 amide bonds. The van der Waals surface area contributed by atoms with Gasteiger partial charge in [0.1, 0.15) is 23.9 Å². The number of carboxylic acid groups (broad SMARTS) is 1. The summed E-state index contributed by atoms with van der Waals surface area (Å²) in [5, 5.41) is 8.71. The van der Waals surface area contributed by atoms with Gasteiger partial charge >= 0.3 is 12.1 Å². The maximum Gasteiger partial charge on any atom is 0.419 e. The number of alkyl halides is 3. The zero-order valence-electron chi connectivity index (χ0n) is 17.0. The van der Waals surface area contributed by atoms with Crippen molar-refractivity contribution in [1.82, 2.24) is 0 Å². The van der Waals surface area contributed by atoms with Crippen LogP contribution in [0.2, 0.25) is 0 Å². The molecule has 2 aromatic rings. The van der Waals surface area contributed by atoms with E-state index in [2.05, 4.69) is 0 Å². The van der Waals surface area contributed by atoms with E-state index in [-0.39, 0.29) is 6.61 Å². The van der Waals surface area contributed by atoms with Crippen LogP contribution in [0.3, 0.4) is 0 Å². The normalized spacial score (nSPS) is 14.6. The van der Waals surface area contributed by atoms with Gasteiger partial charge in [0.15, 0.2) is 6.61 Å². The van der Waals surface area contributed by atoms with Gasteiger partial charge in [0, 0.05) is 15.9 Å². The van der Waals surface area contributed by atoms with E-state index in [4.69, 9.17) is 14.6 Å². The maximum atomic E-state index is 14.1. The number of carbonyl (C=O) groups is 1. The minimum Gasteiger partial charge on any atom is -0.488 e. The van der Waals surface area contributed by atoms with Gasteiger partial charge in [-0.15, -0.1) is 0 Å². The summed E-state index contributed by atoms with van der Waals surface area (Å²) in [6.45, 7) is 1.67. The predicted octanol–water partition coefficient (Wildman–Crippen LogP) is 6.53. The molecule has 4 nitrogen and oxygen atoms in total. The molecule has 1 aliphatic rings. The molecule has 0 saturated carbocycles. The molecule has 0 aromatic heterocycles. The van der Waals surface area contributed by atoms with E-state index in [9.17, 15) is 22.4 Å². The van der Waals surface area contributed by atoms with Crippen LogP contribution in [0.5, 0.6) is 11.5 Å². The average molecular weight is 468 g/mol. The highest BCUT2D eigenvalue weighted by molar-refractivity contribution is 8.11. The van der Waals surface area contributed by atoms with Gasteiger partial charge in [-0.1, -0.05) is 35.5 Å². The third-order valence-corrected chi connectivity index (χ3v) is 5.99. The Bertz CT molecular complexity index is 1060. The smallest absolute Gasteiger partial charge is 0.419 e. The standard InChI is InChI=1S/C23H20F4O4S/c1-14-4-2-7-20(15-8-9-18(19(24)10-15)23(25,26)27)32-21(14)12-30-16-5-3-6-17(11-16)31-13-22(28)29/h3,5-11H,2,4,12-13H2,1H3,(H,28,29). The van der Waals surface area contributed by atoms with E-state index in [1.165, 1.54) is 17.8 Å². The number of hydrogen-bond donors (Lipinski definition) is 1. The van der Waals surface area contributed by atoms with Crippen LogP contribution < -0.4 is 9.47 Å². The third-order valence-electron chi connectivity index (χ3n) is 4.65. The van der Waals surface area contributed by atoms with E-state index in [1.807, 2.05) is 13.0 Å². The molecule has 0 atom stereocenters. The van der Waals surface area contributed by atoms with E-state index in [0.29, 0.717) is 28.4 Å². The van der Waals surface area contributed by atoms with Crippen molar-refractivity contribution in [3.8, 4) is 11.5 Å². The van der Waals surface area contributed by atoms with Crippen LogP contribution in [0.15, 0.2) is 59.0 Å². The van der Waals surface area contributed by atoms with Crippen molar-refractivity contribution in [2.75, 3.05) is 13.2 Å². The van der Waals surface area contributed by atoms with Gasteiger partial charge in [-0.3, -0.25) is 0 Å². The summed E-state index contributed by atoms with van der Waals surface area (Å²) >= 11 is 1.33. The molecule has 32 heavy (non-hydrogen) atoms. The quantitative estimate of drug-likeness (QED) is 0.469. The molecular weight excluding hydrogens is 448 g/mol. The highest BCUT2D eigenvalue weighted by atomic mass is 32.2. The molecule has 2 aromatic carbocycles. The first-order valence-corrected chi connectivity index (χ1v) is 10.5. The fourth-order valence-corrected chi connectivity index (χ4v) is 4.10. The van der Waals surface area contributed by atoms with E-state index < -0.39 is 30.1 Å². The summed E-state index contributed by atoms with van der Waals surface area (Å²) < 4.78 is 63.6. The Morgan fingerprint density at radius 1 is 1.12 bits per heavy atom. The number of ether oxygens (including phenoxy) is 2. The Morgan fingerprint density at radius 3 is 2.50 bits per heavy atom. The lowest BCUT2D eigenvalue weighted by atomic mass is 10.1. The fraction of sp³-hybridized carbons (Fsp3) is 0.261. The molecule has 9 heteroatoms. The van der Waals surface area contributed by atoms with Crippen LogP contribution in [0.25, 0.3) is 4.91 Å². The zero-order valence-corrected chi connectivity index (χ0v) is 17.9. The summed E-state index contributed by atoms with van der Waals surface area (Å²) in [5.74, 6) is -1.57. The first kappa shape index (κ1) is 23.7. The SMILES string of the molecule is CC1=C(COc2cccc(OCC(=O)O)c2)SC(c2ccc(C(F)(F)F)c(F)c2)=CCC1. The van der Waals surface area contributed by atoms with Gasteiger partial charge in [0.05, 0.1) is 5.56 Å². The monoisotopic (exact) mass is 468 g/mol. The fourth-order valence-electron chi connectivity index (χ4n) is 3.00. The molecule has 0 radical (unpaired) electrons. The van der Waals surface area contributed by atoms with E-state index in [1.54, 1.807) is 24.3 Å². The van der Waals surface area contributed by atoms with Crippen molar-refractivity contribution < 1.29 is 36.9 Å². The molecular formula is C23H20F4O4S. The number of thioether (sulfide) groups is 1. The lowest BCUT2D eigenvalue weighted by Crippen LogP contribution is -2.09. The second kappa shape index (κ2) is 10.1. The highest BCUT2D eigenvalue weighted by Crippen LogP contribution is 2.41. The van der Waals surface area contributed by atoms with Crippen molar-refractivity contribution in [1.29, 1.82) is 0 Å². The maximum absolute atomic E-state index is 14.1. The van der Waals surface area contributed by atoms with Crippen molar-refractivity contribution in [3.63, 3.8) is 0 Å². The second-order valence-electron chi connectivity index (χ2n) is 7.05. The van der Waals surface area contributed by atoms with Crippen molar-refractivity contribution >= 4 is 22.6 Å². The van der Waals surface area contributed by atoms with Crippen molar-refractivity contribution in [2.45, 2.75) is 25.9 Å². The minimum atomic E-state index is -4.74. The second-order valence-corrected chi connectivity index (χ2v) is 8.19. The third kappa shape index (κ3) is 6.29. The topological polar surface area (TPSA) is 55.8 Å². The molecule has 0 saturated heterocycles. The Kier molecular flexibility index (Phi) is 7.50. The first-order valence-electron chi connectivity index (χ1n) is 9.64. The summed E-state index contributed by atoms with van der Waals surface area (Å²) in [6, 6.07) is 9.49. The largest absolute Gasteiger partial charge is 0.488 e. The van der Waals surface area contributed by atoms with Gasteiger partial charge in [-0.05, 0) is 49.6 Å². The van der Waals surface area contributed by atoms with Gasteiger partial charge in [0.25, 0.3) is 0 Å². The summed E-state index contributed by atoms with van der Waals surface area (Å²) in [5.41, 5.74) is 0.143. The molecule has 0 unspecified atom stereocenters. The van der Waals surface area contributed by atoms with Crippen LogP contribution >= 0.6 is 11.8 Å². The van der Waals surface area contributed by atoms with Crippen LogP contribution in [-0.2, 0) is 11.0 Å². The first-order chi connectivity index (χ1) is 15.1. The van der Waals surface area contributed by atoms with Gasteiger partial charge in [-0.2, -0.15) is 13.2 Å². The number of allylic oxidation sites excluding steroid dienone is 2. The van der Waals surface area contributed by atoms with Crippen LogP contribution in [-0.4, -0.2) is 24.3 Å². The molecule has 1 N–H and O–H groups in total. The molecule has 0 fully saturated rings. The predicted molar refractivity (Wildman–Crippen MR) is 114 cm³/mol. The summed E-state index contributed by atoms with van der Waals surface area (Å²) in [4.78, 5) is 12.2. The minimum absolute atomic E-state index is 0.194. The molecule has 0 bridgehead atoms. The summed E-state index contributed by atoms with van der Waals surface area (Å²) in [6.07, 6.45) is -1.46. The van der Waals surface area contributed by atoms with E-state index in [0.717, 1.165) is 29.0 Å². The lowest BCUT2D eigenvalue weighted by molar-refractivity contribution is -0.140. The van der Waals surface area contributed by atoms with Crippen molar-refractivity contribution in [3.05, 3.63) is 76.0 Å². The number of aliphatic carboxylic acids is 1. The number of hydrogen-bond acceptors (Lipinski definition) is 4. The molecule has 170 valence electrons. The molecule has 1 aliphatic heterocycles. The number of benzene rings is 2. The Labute approximate surface area is 186 Å². The van der Waals surface area contributed by atoms with Crippen LogP contribution in [0.1, 0.15) is 30.9 Å². The molecule has 0 spiro atoms. The number of carboxylic acids is 1. The van der Waals surface area contributed by atoms with Gasteiger partial charge < -0.3 is 14.6 Å². The Hall–Kier alpha value is -2.94. The molecule has 1 heterocycles. The van der Waals surface area contributed by atoms with Gasteiger partial charge in [-0.25, -0.2) is 9.18 Å². The highest BCUT2D eigenvalue weighted by Gasteiger charge is 2.34. The van der Waals surface area contributed by atoms with Crippen LogP contribution in [0, 0.1) is 5.82 Å².